The van der Waals surface area contributed by atoms with Crippen molar-refractivity contribution >= 4 is 23.2 Å². The molecule has 5 heteroatoms. The molecule has 0 saturated carbocycles. The van der Waals surface area contributed by atoms with Crippen LogP contribution in [0.2, 0.25) is 10.0 Å². The summed E-state index contributed by atoms with van der Waals surface area (Å²) in [5, 5.41) is 10.7. The zero-order chi connectivity index (χ0) is 14.2. The van der Waals surface area contributed by atoms with Crippen LogP contribution in [0.4, 0.5) is 8.78 Å². The number of hydrogen-bond acceptors (Lipinski definition) is 1. The van der Waals surface area contributed by atoms with E-state index in [1.54, 1.807) is 0 Å². The van der Waals surface area contributed by atoms with Crippen molar-refractivity contribution in [3.05, 3.63) is 68.7 Å². The number of halogens is 4. The van der Waals surface area contributed by atoms with Crippen LogP contribution in [0.5, 0.6) is 0 Å². The Morgan fingerprint density at radius 1 is 1.00 bits per heavy atom. The van der Waals surface area contributed by atoms with Gasteiger partial charge in [-0.1, -0.05) is 41.4 Å². The first-order valence-corrected chi connectivity index (χ1v) is 6.25. The second-order valence-corrected chi connectivity index (χ2v) is 5.01. The van der Waals surface area contributed by atoms with Gasteiger partial charge in [-0.3, -0.25) is 0 Å². The summed E-state index contributed by atoms with van der Waals surface area (Å²) in [6, 6.07) is 7.18. The number of aryl methyl sites for hydroxylation is 1. The van der Waals surface area contributed by atoms with Gasteiger partial charge in [-0.05, 0) is 24.6 Å². The topological polar surface area (TPSA) is 20.2 Å². The summed E-state index contributed by atoms with van der Waals surface area (Å²) in [6.45, 7) is 1.45. The highest BCUT2D eigenvalue weighted by molar-refractivity contribution is 6.35. The van der Waals surface area contributed by atoms with E-state index in [2.05, 4.69) is 0 Å². The lowest BCUT2D eigenvalue weighted by Crippen LogP contribution is -2.06. The minimum atomic E-state index is -1.35. The average Bonchev–Trinajstić information content (AvgIpc) is 2.35. The maximum atomic E-state index is 13.8. The third-order valence-corrected chi connectivity index (χ3v) is 3.42. The van der Waals surface area contributed by atoms with Crippen molar-refractivity contribution in [1.29, 1.82) is 0 Å². The highest BCUT2D eigenvalue weighted by atomic mass is 35.5. The van der Waals surface area contributed by atoms with Crippen molar-refractivity contribution in [1.82, 2.24) is 0 Å². The molecule has 0 heterocycles. The van der Waals surface area contributed by atoms with Gasteiger partial charge in [-0.15, -0.1) is 0 Å². The minimum Gasteiger partial charge on any atom is -0.383 e. The van der Waals surface area contributed by atoms with E-state index in [-0.39, 0.29) is 21.7 Å². The average molecular weight is 303 g/mol. The zero-order valence-corrected chi connectivity index (χ0v) is 11.4. The Bertz CT molecular complexity index is 629. The lowest BCUT2D eigenvalue weighted by atomic mass is 9.99. The fourth-order valence-electron chi connectivity index (χ4n) is 1.76. The molecule has 0 aromatic heterocycles. The second-order valence-electron chi connectivity index (χ2n) is 4.17. The molecule has 0 aliphatic carbocycles. The van der Waals surface area contributed by atoms with Gasteiger partial charge in [0.05, 0.1) is 0 Å². The van der Waals surface area contributed by atoms with Crippen molar-refractivity contribution < 1.29 is 13.9 Å². The maximum Gasteiger partial charge on any atom is 0.165 e. The Morgan fingerprint density at radius 2 is 1.63 bits per heavy atom. The van der Waals surface area contributed by atoms with E-state index < -0.39 is 17.7 Å². The third kappa shape index (κ3) is 2.73. The summed E-state index contributed by atoms with van der Waals surface area (Å²) < 4.78 is 27.3. The normalized spacial score (nSPS) is 12.5. The molecular formula is C14H10Cl2F2O. The number of benzene rings is 2. The quantitative estimate of drug-likeness (QED) is 0.855. The molecule has 0 aliphatic heterocycles. The molecule has 100 valence electrons. The Morgan fingerprint density at radius 3 is 2.26 bits per heavy atom. The van der Waals surface area contributed by atoms with Gasteiger partial charge in [0.25, 0.3) is 0 Å². The van der Waals surface area contributed by atoms with Crippen LogP contribution in [0, 0.1) is 18.6 Å². The van der Waals surface area contributed by atoms with Gasteiger partial charge in [-0.25, -0.2) is 8.78 Å². The van der Waals surface area contributed by atoms with Crippen molar-refractivity contribution in [2.24, 2.45) is 0 Å². The molecule has 2 aromatic rings. The summed E-state index contributed by atoms with van der Waals surface area (Å²) in [7, 11) is 0. The molecular weight excluding hydrogens is 293 g/mol. The van der Waals surface area contributed by atoms with Gasteiger partial charge in [0.2, 0.25) is 0 Å². The highest BCUT2D eigenvalue weighted by Crippen LogP contribution is 2.32. The fraction of sp³-hybridized carbons (Fsp3) is 0.143. The van der Waals surface area contributed by atoms with Crippen molar-refractivity contribution in [3.8, 4) is 0 Å². The van der Waals surface area contributed by atoms with E-state index in [1.807, 2.05) is 0 Å². The Hall–Kier alpha value is -1.16. The van der Waals surface area contributed by atoms with Crippen molar-refractivity contribution in [3.63, 3.8) is 0 Å². The molecule has 19 heavy (non-hydrogen) atoms. The van der Waals surface area contributed by atoms with E-state index in [4.69, 9.17) is 23.2 Å². The van der Waals surface area contributed by atoms with Crippen LogP contribution >= 0.6 is 23.2 Å². The third-order valence-electron chi connectivity index (χ3n) is 2.86. The van der Waals surface area contributed by atoms with Crippen LogP contribution in [0.1, 0.15) is 22.8 Å². The fourth-order valence-corrected chi connectivity index (χ4v) is 2.27. The van der Waals surface area contributed by atoms with Crippen LogP contribution in [-0.4, -0.2) is 5.11 Å². The predicted octanol–water partition coefficient (Wildman–Crippen LogP) is 4.66. The summed E-state index contributed by atoms with van der Waals surface area (Å²) in [5.41, 5.74) is 0.288. The molecule has 0 saturated heterocycles. The van der Waals surface area contributed by atoms with Crippen LogP contribution in [0.3, 0.4) is 0 Å². The summed E-state index contributed by atoms with van der Waals surface area (Å²) in [6.07, 6.45) is -1.35. The van der Waals surface area contributed by atoms with Crippen LogP contribution in [0.15, 0.2) is 30.3 Å². The molecule has 2 rings (SSSR count). The largest absolute Gasteiger partial charge is 0.383 e. The molecule has 0 amide bonds. The van der Waals surface area contributed by atoms with Crippen molar-refractivity contribution in [2.75, 3.05) is 0 Å². The number of aliphatic hydroxyl groups excluding tert-OH is 1. The molecule has 0 bridgehead atoms. The van der Waals surface area contributed by atoms with E-state index in [1.165, 1.54) is 37.3 Å². The van der Waals surface area contributed by atoms with E-state index in [9.17, 15) is 13.9 Å². The van der Waals surface area contributed by atoms with Crippen LogP contribution in [0.25, 0.3) is 0 Å². The summed E-state index contributed by atoms with van der Waals surface area (Å²) in [4.78, 5) is 0. The molecule has 0 fully saturated rings. The standard InChI is InChI=1S/C14H10Cl2F2O/c1-7-2-4-10(13(18)12(7)17)14(19)9-5-3-8(15)6-11(9)16/h2-6,14,19H,1H3. The van der Waals surface area contributed by atoms with Crippen LogP contribution < -0.4 is 0 Å². The monoisotopic (exact) mass is 302 g/mol. The van der Waals surface area contributed by atoms with Gasteiger partial charge in [0.1, 0.15) is 6.10 Å². The smallest absolute Gasteiger partial charge is 0.165 e. The summed E-state index contributed by atoms with van der Waals surface area (Å²) >= 11 is 11.7. The highest BCUT2D eigenvalue weighted by Gasteiger charge is 2.21. The number of rotatable bonds is 2. The SMILES string of the molecule is Cc1ccc(C(O)c2ccc(Cl)cc2Cl)c(F)c1F. The van der Waals surface area contributed by atoms with Gasteiger partial charge < -0.3 is 5.11 Å². The Labute approximate surface area is 119 Å². The molecule has 1 unspecified atom stereocenters. The van der Waals surface area contributed by atoms with E-state index in [0.717, 1.165) is 0 Å². The molecule has 1 N–H and O–H groups in total. The molecule has 2 aromatic carbocycles. The first-order valence-electron chi connectivity index (χ1n) is 5.49. The number of aliphatic hydroxyl groups is 1. The van der Waals surface area contributed by atoms with Crippen LogP contribution in [-0.2, 0) is 0 Å². The van der Waals surface area contributed by atoms with Gasteiger partial charge >= 0.3 is 0 Å². The first-order chi connectivity index (χ1) is 8.91. The van der Waals surface area contributed by atoms with E-state index in [0.29, 0.717) is 5.02 Å². The lowest BCUT2D eigenvalue weighted by molar-refractivity contribution is 0.213. The van der Waals surface area contributed by atoms with E-state index >= 15 is 0 Å². The second kappa shape index (κ2) is 5.45. The Balaban J connectivity index is 2.50. The maximum absolute atomic E-state index is 13.8. The molecule has 0 radical (unpaired) electrons. The molecule has 1 atom stereocenters. The number of hydrogen-bond donors (Lipinski definition) is 1. The zero-order valence-electron chi connectivity index (χ0n) is 9.92. The lowest BCUT2D eigenvalue weighted by Gasteiger charge is -2.15. The Kier molecular flexibility index (Phi) is 4.09. The minimum absolute atomic E-state index is 0.160. The van der Waals surface area contributed by atoms with Gasteiger partial charge in [-0.2, -0.15) is 0 Å². The molecule has 1 nitrogen and oxygen atoms in total. The van der Waals surface area contributed by atoms with Gasteiger partial charge in [0, 0.05) is 21.2 Å². The molecule has 0 aliphatic rings. The van der Waals surface area contributed by atoms with Crippen molar-refractivity contribution in [2.45, 2.75) is 13.0 Å². The first kappa shape index (κ1) is 14.3. The predicted molar refractivity (Wildman–Crippen MR) is 71.6 cm³/mol. The summed E-state index contributed by atoms with van der Waals surface area (Å²) in [5.74, 6) is -2.04. The molecule has 0 spiro atoms. The van der Waals surface area contributed by atoms with Gasteiger partial charge in [0.15, 0.2) is 11.6 Å².